The molecule has 2 aliphatic carbocycles. The maximum Gasteiger partial charge on any atom is 0.264 e. The van der Waals surface area contributed by atoms with E-state index in [0.29, 0.717) is 108 Å². The summed E-state index contributed by atoms with van der Waals surface area (Å²) < 4.78 is 18.0. The molecule has 3 saturated heterocycles. The van der Waals surface area contributed by atoms with Crippen molar-refractivity contribution in [2.75, 3.05) is 48.8 Å². The van der Waals surface area contributed by atoms with Crippen LogP contribution in [0.25, 0.3) is 22.3 Å². The van der Waals surface area contributed by atoms with Crippen molar-refractivity contribution in [2.45, 2.75) is 166 Å². The van der Waals surface area contributed by atoms with Crippen LogP contribution in [-0.4, -0.2) is 151 Å². The van der Waals surface area contributed by atoms with Crippen LogP contribution < -0.4 is 26.2 Å². The van der Waals surface area contributed by atoms with Crippen molar-refractivity contribution >= 4 is 81.2 Å². The summed E-state index contributed by atoms with van der Waals surface area (Å²) in [6.45, 7) is 12.4. The molecule has 2 saturated carbocycles. The van der Waals surface area contributed by atoms with E-state index in [9.17, 15) is 33.6 Å². The average Bonchev–Trinajstić information content (AvgIpc) is 1.61. The number of benzene rings is 4. The molecule has 0 radical (unpaired) electrons. The number of imidazole rings is 1. The predicted octanol–water partition coefficient (Wildman–Crippen LogP) is 9.44. The third-order valence-corrected chi connectivity index (χ3v) is 20.1. The number of fused-ring (bicyclic) bond motifs is 4. The molecule has 5 fully saturated rings. The Morgan fingerprint density at radius 3 is 2.20 bits per heavy atom. The third kappa shape index (κ3) is 10.7. The first kappa shape index (κ1) is 60.1. The number of hydrogen-bond donors (Lipinski definition) is 4. The molecule has 2 aromatic heterocycles. The van der Waals surface area contributed by atoms with E-state index in [-0.39, 0.29) is 83.5 Å². The lowest BCUT2D eigenvalue weighted by Crippen LogP contribution is -2.58. The van der Waals surface area contributed by atoms with Gasteiger partial charge < -0.3 is 40.1 Å². The fourth-order valence-electron chi connectivity index (χ4n) is 15.0. The van der Waals surface area contributed by atoms with Crippen LogP contribution in [0, 0.1) is 12.7 Å². The lowest BCUT2D eigenvalue weighted by molar-refractivity contribution is -0.136. The average molecular weight is 1220 g/mol. The first-order valence-electron chi connectivity index (χ1n) is 32.0. The zero-order valence-corrected chi connectivity index (χ0v) is 51.9. The van der Waals surface area contributed by atoms with Gasteiger partial charge in [-0.25, -0.2) is 14.4 Å². The van der Waals surface area contributed by atoms with Crippen molar-refractivity contribution in [2.24, 2.45) is 0 Å². The Labute approximate surface area is 522 Å². The summed E-state index contributed by atoms with van der Waals surface area (Å²) in [7, 11) is 1.79. The predicted molar refractivity (Wildman–Crippen MR) is 338 cm³/mol. The Bertz CT molecular complexity index is 3930. The molecule has 1 spiro atoms. The van der Waals surface area contributed by atoms with Crippen molar-refractivity contribution in [3.05, 3.63) is 130 Å². The largest absolute Gasteiger partial charge is 0.382 e. The highest BCUT2D eigenvalue weighted by atomic mass is 19.1. The number of anilines is 4. The van der Waals surface area contributed by atoms with Crippen molar-refractivity contribution in [1.29, 1.82) is 0 Å². The minimum absolute atomic E-state index is 0.00310. The van der Waals surface area contributed by atoms with Crippen LogP contribution in [0.4, 0.5) is 27.3 Å². The van der Waals surface area contributed by atoms with Gasteiger partial charge in [0.2, 0.25) is 17.7 Å². The van der Waals surface area contributed by atoms with E-state index >= 15 is 9.18 Å². The SMILES string of the molecule is Cc1cc(F)c(Nc2nc(-c3ccc4c(c3)N(C3CC(N5CCCCC5)C3)C(=O)C43CCN(C(=O)c4ccc(C(=O)N(C)C5CCC(Nc6cccc7c6C(=O)N(C6CCC(=O)NC6=O)C7=O)CC5)cc4)CC3)cc3ncn(C(C)C)c23)cc1C(=O)NC(C)C. The van der Waals surface area contributed by atoms with Gasteiger partial charge in [-0.1, -0.05) is 24.6 Å². The molecule has 13 rings (SSSR count). The number of imide groups is 2. The molecule has 468 valence electrons. The second kappa shape index (κ2) is 23.8. The number of aryl methyl sites for hydroxylation is 1. The Kier molecular flexibility index (Phi) is 15.9. The van der Waals surface area contributed by atoms with Crippen molar-refractivity contribution in [1.82, 2.24) is 44.8 Å². The molecule has 20 nitrogen and oxygen atoms in total. The van der Waals surface area contributed by atoms with Crippen LogP contribution in [-0.2, 0) is 19.8 Å². The summed E-state index contributed by atoms with van der Waals surface area (Å²) >= 11 is 0. The number of nitrogens with one attached hydrogen (secondary N) is 4. The molecular formula is C69H77FN12O8. The van der Waals surface area contributed by atoms with Gasteiger partial charge >= 0.3 is 0 Å². The Hall–Kier alpha value is -8.85. The van der Waals surface area contributed by atoms with Gasteiger partial charge in [-0.15, -0.1) is 0 Å². The molecule has 0 bridgehead atoms. The Morgan fingerprint density at radius 1 is 0.778 bits per heavy atom. The summed E-state index contributed by atoms with van der Waals surface area (Å²) in [5, 5.41) is 11.9. The van der Waals surface area contributed by atoms with Gasteiger partial charge in [-0.2, -0.15) is 0 Å². The molecule has 8 amide bonds. The topological polar surface area (TPSA) is 232 Å². The second-order valence-corrected chi connectivity index (χ2v) is 26.3. The third-order valence-electron chi connectivity index (χ3n) is 20.1. The van der Waals surface area contributed by atoms with E-state index in [2.05, 4.69) is 38.3 Å². The molecule has 4 aromatic carbocycles. The lowest BCUT2D eigenvalue weighted by atomic mass is 9.73. The zero-order valence-electron chi connectivity index (χ0n) is 51.9. The highest BCUT2D eigenvalue weighted by molar-refractivity contribution is 6.25. The van der Waals surface area contributed by atoms with Gasteiger partial charge in [0.1, 0.15) is 17.4 Å². The standard InChI is InChI=1S/C69H77FN12O8/c1-38(2)72-62(84)49-35-54(51(70)31-40(49)5)75-61-60-55(71-37-80(60)39(3)4)36-53(74-61)43-17-22-50-57(32-43)81(47-33-46(34-47)78-27-8-7-9-28-78)68(90)69(50)25-29-79(30-26-69)65(87)42-15-13-41(14-16-42)64(86)77(6)45-20-18-44(19-21-45)73-52-12-10-11-48-59(52)67(89)82(66(48)88)56-23-24-58(83)76-63(56)85/h10-17,22,31-32,35-39,44-47,56,73H,7-9,18-21,23-30,33-34H2,1-6H3,(H,72,84)(H,74,75)(H,76,83,85). The number of likely N-dealkylation sites (tertiary alicyclic amines) is 2. The van der Waals surface area contributed by atoms with E-state index in [1.807, 2.05) is 54.2 Å². The van der Waals surface area contributed by atoms with Gasteiger partial charge in [-0.05, 0) is 190 Å². The van der Waals surface area contributed by atoms with Crippen molar-refractivity contribution in [3.8, 4) is 11.3 Å². The van der Waals surface area contributed by atoms with Crippen LogP contribution in [0.15, 0.2) is 85.2 Å². The van der Waals surface area contributed by atoms with Gasteiger partial charge in [0, 0.05) is 96.4 Å². The second-order valence-electron chi connectivity index (χ2n) is 26.3. The number of amides is 8. The first-order chi connectivity index (χ1) is 43.3. The minimum Gasteiger partial charge on any atom is -0.382 e. The molecule has 7 aliphatic rings. The molecule has 1 unspecified atom stereocenters. The molecule has 90 heavy (non-hydrogen) atoms. The van der Waals surface area contributed by atoms with E-state index < -0.39 is 40.9 Å². The smallest absolute Gasteiger partial charge is 0.264 e. The fourth-order valence-corrected chi connectivity index (χ4v) is 15.0. The van der Waals surface area contributed by atoms with Crippen molar-refractivity contribution < 1.29 is 42.7 Å². The highest BCUT2D eigenvalue weighted by Crippen LogP contribution is 2.52. The number of rotatable bonds is 14. The van der Waals surface area contributed by atoms with Gasteiger partial charge in [0.15, 0.2) is 5.82 Å². The molecule has 1 atom stereocenters. The minimum atomic E-state index is -1.06. The van der Waals surface area contributed by atoms with E-state index in [1.54, 1.807) is 67.7 Å². The zero-order chi connectivity index (χ0) is 63.0. The first-order valence-corrected chi connectivity index (χ1v) is 32.0. The summed E-state index contributed by atoms with van der Waals surface area (Å²) in [6.07, 6.45) is 10.8. The van der Waals surface area contributed by atoms with Crippen LogP contribution in [0.5, 0.6) is 0 Å². The number of halogens is 1. The number of carbonyl (C=O) groups excluding carboxylic acids is 8. The number of aromatic nitrogens is 3. The van der Waals surface area contributed by atoms with E-state index in [4.69, 9.17) is 9.97 Å². The summed E-state index contributed by atoms with van der Waals surface area (Å²) in [5.41, 5.74) is 6.36. The molecular weight excluding hydrogens is 1140 g/mol. The molecule has 21 heteroatoms. The highest BCUT2D eigenvalue weighted by Gasteiger charge is 2.56. The van der Waals surface area contributed by atoms with Gasteiger partial charge in [-0.3, -0.25) is 48.6 Å². The van der Waals surface area contributed by atoms with Crippen LogP contribution in [0.1, 0.15) is 180 Å². The monoisotopic (exact) mass is 1220 g/mol. The summed E-state index contributed by atoms with van der Waals surface area (Å²) in [6, 6.07) is 21.9. The van der Waals surface area contributed by atoms with E-state index in [0.717, 1.165) is 47.6 Å². The van der Waals surface area contributed by atoms with Crippen LogP contribution >= 0.6 is 0 Å². The normalized spacial score (nSPS) is 22.5. The Balaban J connectivity index is 0.693. The lowest BCUT2D eigenvalue weighted by Gasteiger charge is -2.48. The maximum atomic E-state index is 16.0. The quantitative estimate of drug-likeness (QED) is 0.0746. The summed E-state index contributed by atoms with van der Waals surface area (Å²) in [5.74, 6) is -2.98. The Morgan fingerprint density at radius 2 is 1.50 bits per heavy atom. The summed E-state index contributed by atoms with van der Waals surface area (Å²) in [4.78, 5) is 128. The molecule has 7 heterocycles. The number of hydrogen-bond acceptors (Lipinski definition) is 13. The molecule has 5 aliphatic heterocycles. The van der Waals surface area contributed by atoms with Gasteiger partial charge in [0.25, 0.3) is 29.5 Å². The fraction of sp³-hybridized carbons (Fsp3) is 0.449. The molecule has 4 N–H and O–H groups in total. The maximum absolute atomic E-state index is 16.0. The van der Waals surface area contributed by atoms with Crippen LogP contribution in [0.2, 0.25) is 0 Å². The number of nitrogens with zero attached hydrogens (tertiary/aromatic N) is 8. The van der Waals surface area contributed by atoms with Crippen molar-refractivity contribution in [3.63, 3.8) is 0 Å². The van der Waals surface area contributed by atoms with E-state index in [1.165, 1.54) is 31.4 Å². The van der Waals surface area contributed by atoms with Gasteiger partial charge in [0.05, 0.1) is 39.8 Å². The number of carbonyl (C=O) groups is 8. The number of piperidine rings is 3. The molecule has 6 aromatic rings. The van der Waals surface area contributed by atoms with Crippen LogP contribution in [0.3, 0.4) is 0 Å². The number of pyridine rings is 1.